The van der Waals surface area contributed by atoms with Crippen molar-refractivity contribution in [3.8, 4) is 22.8 Å². The second-order valence-corrected chi connectivity index (χ2v) is 9.92. The van der Waals surface area contributed by atoms with Gasteiger partial charge in [-0.05, 0) is 25.2 Å². The standard InChI is InChI=1S/C22H22N7O2S/c1-27-9-11-28(12-10-27)17-5-8-19(24-13-17)22-25-21-15-23-14-20(29(21)26-22)16-3-6-18(7-4-16)32(2,30)31/h3-7,13-15H,9-12H2,1-2H3. The van der Waals surface area contributed by atoms with Crippen molar-refractivity contribution in [2.75, 3.05) is 44.4 Å². The number of piperazine rings is 1. The van der Waals surface area contributed by atoms with Crippen molar-refractivity contribution in [3.05, 3.63) is 55.0 Å². The Labute approximate surface area is 186 Å². The zero-order valence-electron chi connectivity index (χ0n) is 17.8. The Kier molecular flexibility index (Phi) is 5.10. The number of pyridine rings is 1. The van der Waals surface area contributed by atoms with E-state index >= 15 is 0 Å². The second-order valence-electron chi connectivity index (χ2n) is 7.91. The summed E-state index contributed by atoms with van der Waals surface area (Å²) >= 11 is 0. The third-order valence-electron chi connectivity index (χ3n) is 5.59. The molecule has 5 rings (SSSR count). The Bertz CT molecular complexity index is 1360. The molecule has 1 fully saturated rings. The number of fused-ring (bicyclic) bond motifs is 1. The number of benzene rings is 1. The maximum Gasteiger partial charge on any atom is 0.201 e. The molecule has 1 saturated heterocycles. The molecule has 0 bridgehead atoms. The highest BCUT2D eigenvalue weighted by Gasteiger charge is 2.17. The van der Waals surface area contributed by atoms with Gasteiger partial charge in [0.05, 0.1) is 34.9 Å². The summed E-state index contributed by atoms with van der Waals surface area (Å²) in [5.41, 5.74) is 3.66. The summed E-state index contributed by atoms with van der Waals surface area (Å²) in [5, 5.41) is 4.62. The van der Waals surface area contributed by atoms with E-state index in [1.807, 2.05) is 12.3 Å². The third kappa shape index (κ3) is 3.94. The zero-order valence-corrected chi connectivity index (χ0v) is 18.6. The Balaban J connectivity index is 1.45. The first kappa shape index (κ1) is 20.5. The highest BCUT2D eigenvalue weighted by Crippen LogP contribution is 2.24. The molecular formula is C22H22N7O2S. The fraction of sp³-hybridized carbons (Fsp3) is 0.273. The van der Waals surface area contributed by atoms with Crippen LogP contribution in [0, 0.1) is 6.07 Å². The summed E-state index contributed by atoms with van der Waals surface area (Å²) in [6, 6.07) is 11.8. The third-order valence-corrected chi connectivity index (χ3v) is 6.72. The number of rotatable bonds is 4. The predicted octanol–water partition coefficient (Wildman–Crippen LogP) is 1.81. The number of hydrogen-bond acceptors (Lipinski definition) is 8. The number of anilines is 1. The molecule has 4 heterocycles. The molecule has 1 aromatic carbocycles. The van der Waals surface area contributed by atoms with E-state index in [0.29, 0.717) is 22.9 Å². The van der Waals surface area contributed by atoms with Crippen molar-refractivity contribution in [2.24, 2.45) is 0 Å². The summed E-state index contributed by atoms with van der Waals surface area (Å²) in [6.07, 6.45) is 6.33. The molecule has 0 saturated carbocycles. The van der Waals surface area contributed by atoms with Crippen LogP contribution in [-0.4, -0.2) is 77.4 Å². The van der Waals surface area contributed by atoms with Crippen LogP contribution in [0.4, 0.5) is 5.69 Å². The number of aromatic nitrogens is 5. The van der Waals surface area contributed by atoms with Gasteiger partial charge >= 0.3 is 0 Å². The fourth-order valence-corrected chi connectivity index (χ4v) is 4.32. The Morgan fingerprint density at radius 3 is 2.41 bits per heavy atom. The Morgan fingerprint density at radius 1 is 1.00 bits per heavy atom. The van der Waals surface area contributed by atoms with Crippen LogP contribution < -0.4 is 4.90 Å². The van der Waals surface area contributed by atoms with E-state index in [4.69, 9.17) is 0 Å². The molecule has 32 heavy (non-hydrogen) atoms. The Hall–Kier alpha value is -3.37. The minimum absolute atomic E-state index is 0.264. The molecule has 1 aliphatic rings. The smallest absolute Gasteiger partial charge is 0.201 e. The van der Waals surface area contributed by atoms with Gasteiger partial charge in [0, 0.05) is 44.1 Å². The van der Waals surface area contributed by atoms with Crippen molar-refractivity contribution in [1.29, 1.82) is 0 Å². The lowest BCUT2D eigenvalue weighted by atomic mass is 10.2. The molecule has 0 atom stereocenters. The van der Waals surface area contributed by atoms with E-state index in [2.05, 4.69) is 43.0 Å². The molecule has 0 unspecified atom stereocenters. The van der Waals surface area contributed by atoms with Crippen LogP contribution in [0.25, 0.3) is 28.4 Å². The lowest BCUT2D eigenvalue weighted by molar-refractivity contribution is 0.313. The van der Waals surface area contributed by atoms with Gasteiger partial charge in [0.15, 0.2) is 15.5 Å². The molecule has 0 N–H and O–H groups in total. The molecule has 163 valence electrons. The number of nitrogens with zero attached hydrogens (tertiary/aromatic N) is 7. The molecule has 4 aromatic rings. The van der Waals surface area contributed by atoms with E-state index in [0.717, 1.165) is 37.4 Å². The van der Waals surface area contributed by atoms with Crippen molar-refractivity contribution < 1.29 is 8.42 Å². The van der Waals surface area contributed by atoms with Crippen LogP contribution >= 0.6 is 0 Å². The number of likely N-dealkylation sites (N-methyl/N-ethyl adjacent to an activating group) is 1. The molecule has 0 amide bonds. The summed E-state index contributed by atoms with van der Waals surface area (Å²) in [6.45, 7) is 3.98. The maximum absolute atomic E-state index is 11.7. The lowest BCUT2D eigenvalue weighted by Crippen LogP contribution is -2.44. The fourth-order valence-electron chi connectivity index (χ4n) is 3.69. The average Bonchev–Trinajstić information content (AvgIpc) is 3.24. The van der Waals surface area contributed by atoms with Crippen LogP contribution in [0.15, 0.2) is 53.8 Å². The summed E-state index contributed by atoms with van der Waals surface area (Å²) in [5.74, 6) is 0.455. The van der Waals surface area contributed by atoms with E-state index < -0.39 is 9.84 Å². The number of sulfone groups is 1. The lowest BCUT2D eigenvalue weighted by Gasteiger charge is -2.33. The zero-order chi connectivity index (χ0) is 22.3. The molecule has 0 aliphatic carbocycles. The van der Waals surface area contributed by atoms with Crippen LogP contribution in [-0.2, 0) is 9.84 Å². The highest BCUT2D eigenvalue weighted by molar-refractivity contribution is 7.90. The van der Waals surface area contributed by atoms with Gasteiger partial charge in [-0.3, -0.25) is 9.97 Å². The van der Waals surface area contributed by atoms with Gasteiger partial charge in [-0.25, -0.2) is 17.9 Å². The minimum atomic E-state index is -3.26. The van der Waals surface area contributed by atoms with Gasteiger partial charge < -0.3 is 9.80 Å². The molecule has 9 nitrogen and oxygen atoms in total. The SMILES string of the molecule is CN1CCN(c2c[c]c(-c3nc4cncc(-c5ccc(S(C)(=O)=O)cc5)n4n3)nc2)CC1. The van der Waals surface area contributed by atoms with Crippen molar-refractivity contribution >= 4 is 21.2 Å². The van der Waals surface area contributed by atoms with E-state index in [1.54, 1.807) is 41.2 Å². The minimum Gasteiger partial charge on any atom is -0.368 e. The van der Waals surface area contributed by atoms with Crippen LogP contribution in [0.2, 0.25) is 0 Å². The Morgan fingerprint density at radius 2 is 1.75 bits per heavy atom. The monoisotopic (exact) mass is 448 g/mol. The summed E-state index contributed by atoms with van der Waals surface area (Å²) < 4.78 is 25.2. The van der Waals surface area contributed by atoms with Gasteiger partial charge in [0.2, 0.25) is 5.82 Å². The highest BCUT2D eigenvalue weighted by atomic mass is 32.2. The summed E-state index contributed by atoms with van der Waals surface area (Å²) in [4.78, 5) is 18.2. The first-order valence-corrected chi connectivity index (χ1v) is 12.1. The first-order valence-electron chi connectivity index (χ1n) is 10.2. The van der Waals surface area contributed by atoms with Crippen LogP contribution in [0.3, 0.4) is 0 Å². The van der Waals surface area contributed by atoms with Gasteiger partial charge in [-0.15, -0.1) is 5.10 Å². The van der Waals surface area contributed by atoms with E-state index in [1.165, 1.54) is 6.26 Å². The van der Waals surface area contributed by atoms with Gasteiger partial charge in [0.25, 0.3) is 0 Å². The van der Waals surface area contributed by atoms with Crippen molar-refractivity contribution in [1.82, 2.24) is 29.5 Å². The van der Waals surface area contributed by atoms with Crippen LogP contribution in [0.5, 0.6) is 0 Å². The molecular weight excluding hydrogens is 426 g/mol. The quantitative estimate of drug-likeness (QED) is 0.466. The van der Waals surface area contributed by atoms with Gasteiger partial charge in [-0.2, -0.15) is 0 Å². The second kappa shape index (κ2) is 7.95. The molecule has 1 radical (unpaired) electrons. The van der Waals surface area contributed by atoms with Crippen molar-refractivity contribution in [3.63, 3.8) is 0 Å². The molecule has 1 aliphatic heterocycles. The van der Waals surface area contributed by atoms with Gasteiger partial charge in [-0.1, -0.05) is 12.1 Å². The van der Waals surface area contributed by atoms with Crippen LogP contribution in [0.1, 0.15) is 0 Å². The van der Waals surface area contributed by atoms with E-state index in [-0.39, 0.29) is 4.90 Å². The molecule has 10 heteroatoms. The molecule has 3 aromatic heterocycles. The van der Waals surface area contributed by atoms with Crippen molar-refractivity contribution in [2.45, 2.75) is 4.90 Å². The normalized spacial score (nSPS) is 15.4. The first-order chi connectivity index (χ1) is 15.4. The largest absolute Gasteiger partial charge is 0.368 e. The predicted molar refractivity (Wildman–Crippen MR) is 121 cm³/mol. The van der Waals surface area contributed by atoms with E-state index in [9.17, 15) is 8.42 Å². The maximum atomic E-state index is 11.7. The number of hydrogen-bond donors (Lipinski definition) is 0. The topological polar surface area (TPSA) is 96.6 Å². The van der Waals surface area contributed by atoms with Gasteiger partial charge in [0.1, 0.15) is 5.69 Å². The summed E-state index contributed by atoms with van der Waals surface area (Å²) in [7, 11) is -1.13. The average molecular weight is 449 g/mol. The molecule has 0 spiro atoms.